The summed E-state index contributed by atoms with van der Waals surface area (Å²) in [6.45, 7) is 1.22. The summed E-state index contributed by atoms with van der Waals surface area (Å²) in [5.41, 5.74) is 3.36. The summed E-state index contributed by atoms with van der Waals surface area (Å²) >= 11 is 0. The molecule has 0 radical (unpaired) electrons. The third-order valence-electron chi connectivity index (χ3n) is 6.90. The Morgan fingerprint density at radius 1 is 1.10 bits per heavy atom. The van der Waals surface area contributed by atoms with Crippen molar-refractivity contribution in [3.8, 4) is 5.75 Å². The Morgan fingerprint density at radius 2 is 1.76 bits per heavy atom. The van der Waals surface area contributed by atoms with Crippen LogP contribution in [0.15, 0.2) is 18.2 Å². The molecular weight excluding hydrogens is 378 g/mol. The van der Waals surface area contributed by atoms with E-state index in [0.29, 0.717) is 11.2 Å². The van der Waals surface area contributed by atoms with Gasteiger partial charge in [-0.05, 0) is 68.5 Å². The van der Waals surface area contributed by atoms with Crippen LogP contribution in [0.1, 0.15) is 43.2 Å². The van der Waals surface area contributed by atoms with Crippen LogP contribution in [0.4, 0.5) is 0 Å². The third-order valence-corrected chi connectivity index (χ3v) is 6.90. The van der Waals surface area contributed by atoms with E-state index in [0.717, 1.165) is 12.0 Å². The van der Waals surface area contributed by atoms with E-state index in [-0.39, 0.29) is 0 Å². The molecule has 2 fully saturated rings. The SMILES string of the molecule is CN1CC[C@@]23CCCC[C@@H]2[C@H]1Cc1ccc(O)cc13.O=C(O)[C@H](O)[C@@H](O)C(=O)O. The zero-order chi connectivity index (χ0) is 21.3. The fraction of sp³-hybridized carbons (Fsp3) is 0.619. The van der Waals surface area contributed by atoms with Gasteiger partial charge in [-0.25, -0.2) is 9.59 Å². The van der Waals surface area contributed by atoms with Gasteiger partial charge in [-0.15, -0.1) is 0 Å². The number of nitrogens with zero attached hydrogens (tertiary/aromatic N) is 1. The zero-order valence-corrected chi connectivity index (χ0v) is 16.5. The number of likely N-dealkylation sites (N-methyl/N-ethyl adjacent to an activating group) is 1. The molecule has 8 nitrogen and oxygen atoms in total. The van der Waals surface area contributed by atoms with Crippen LogP contribution in [0.3, 0.4) is 0 Å². The molecule has 0 amide bonds. The highest BCUT2D eigenvalue weighted by Crippen LogP contribution is 2.55. The molecule has 2 bridgehead atoms. The van der Waals surface area contributed by atoms with E-state index in [1.165, 1.54) is 56.2 Å². The van der Waals surface area contributed by atoms with E-state index >= 15 is 0 Å². The highest BCUT2D eigenvalue weighted by molar-refractivity contribution is 5.83. The molecule has 3 aliphatic rings. The minimum absolute atomic E-state index is 0.377. The Labute approximate surface area is 169 Å². The van der Waals surface area contributed by atoms with Crippen molar-refractivity contribution < 1.29 is 35.1 Å². The minimum Gasteiger partial charge on any atom is -0.508 e. The molecule has 1 saturated heterocycles. The number of piperidine rings is 1. The number of aliphatic hydroxyl groups is 2. The smallest absolute Gasteiger partial charge is 0.335 e. The first-order chi connectivity index (χ1) is 13.7. The van der Waals surface area contributed by atoms with Crippen LogP contribution in [0.5, 0.6) is 5.75 Å². The van der Waals surface area contributed by atoms with Crippen LogP contribution >= 0.6 is 0 Å². The molecule has 1 aliphatic heterocycles. The van der Waals surface area contributed by atoms with E-state index in [9.17, 15) is 14.7 Å². The van der Waals surface area contributed by atoms with Crippen LogP contribution in [-0.4, -0.2) is 74.2 Å². The second-order valence-corrected chi connectivity index (χ2v) is 8.42. The number of rotatable bonds is 3. The predicted octanol–water partition coefficient (Wildman–Crippen LogP) is 0.958. The maximum Gasteiger partial charge on any atom is 0.335 e. The average molecular weight is 407 g/mol. The van der Waals surface area contributed by atoms with Crippen molar-refractivity contribution in [3.63, 3.8) is 0 Å². The van der Waals surface area contributed by atoms with Crippen molar-refractivity contribution in [2.75, 3.05) is 13.6 Å². The lowest BCUT2D eigenvalue weighted by Gasteiger charge is -2.58. The van der Waals surface area contributed by atoms with Gasteiger partial charge in [0.15, 0.2) is 12.2 Å². The summed E-state index contributed by atoms with van der Waals surface area (Å²) in [4.78, 5) is 22.1. The van der Waals surface area contributed by atoms with Crippen LogP contribution in [0.25, 0.3) is 0 Å². The lowest BCUT2D eigenvalue weighted by molar-refractivity contribution is -0.165. The third kappa shape index (κ3) is 3.97. The van der Waals surface area contributed by atoms with Gasteiger partial charge in [0.25, 0.3) is 0 Å². The number of phenolic OH excluding ortho intramolecular Hbond substituents is 1. The summed E-state index contributed by atoms with van der Waals surface area (Å²) in [6.07, 6.45) is 3.39. The number of hydrogen-bond acceptors (Lipinski definition) is 6. The normalized spacial score (nSPS) is 30.0. The molecule has 1 aromatic carbocycles. The number of aromatic hydroxyl groups is 1. The minimum atomic E-state index is -2.27. The topological polar surface area (TPSA) is 139 Å². The summed E-state index contributed by atoms with van der Waals surface area (Å²) in [5.74, 6) is -2.27. The lowest BCUT2D eigenvalue weighted by Crippen LogP contribution is -2.59. The number of carboxylic acids is 2. The van der Waals surface area contributed by atoms with Crippen LogP contribution < -0.4 is 0 Å². The van der Waals surface area contributed by atoms with Gasteiger partial charge in [-0.1, -0.05) is 18.9 Å². The average Bonchev–Trinajstić information content (AvgIpc) is 2.70. The first-order valence-electron chi connectivity index (χ1n) is 10.0. The molecular formula is C21H29NO7. The van der Waals surface area contributed by atoms with E-state index < -0.39 is 24.1 Å². The number of phenols is 1. The molecule has 1 aromatic rings. The zero-order valence-electron chi connectivity index (χ0n) is 16.5. The summed E-state index contributed by atoms with van der Waals surface area (Å²) in [5, 5.41) is 42.4. The van der Waals surface area contributed by atoms with Crippen LogP contribution in [0.2, 0.25) is 0 Å². The van der Waals surface area contributed by atoms with Gasteiger partial charge in [0, 0.05) is 11.5 Å². The first-order valence-corrected chi connectivity index (χ1v) is 10.0. The molecule has 160 valence electrons. The Hall–Kier alpha value is -2.16. The second kappa shape index (κ2) is 8.30. The van der Waals surface area contributed by atoms with Crippen molar-refractivity contribution in [2.24, 2.45) is 5.92 Å². The number of benzene rings is 1. The largest absolute Gasteiger partial charge is 0.508 e. The Kier molecular flexibility index (Phi) is 6.16. The monoisotopic (exact) mass is 407 g/mol. The highest BCUT2D eigenvalue weighted by Gasteiger charge is 2.53. The number of fused-ring (bicyclic) bond motifs is 1. The molecule has 0 spiro atoms. The molecule has 29 heavy (non-hydrogen) atoms. The van der Waals surface area contributed by atoms with Crippen molar-refractivity contribution in [3.05, 3.63) is 29.3 Å². The molecule has 0 unspecified atom stereocenters. The van der Waals surface area contributed by atoms with Gasteiger partial charge >= 0.3 is 11.9 Å². The molecule has 0 aromatic heterocycles. The van der Waals surface area contributed by atoms with E-state index in [1.54, 1.807) is 0 Å². The van der Waals surface area contributed by atoms with Gasteiger partial charge < -0.3 is 30.4 Å². The Morgan fingerprint density at radius 3 is 2.38 bits per heavy atom. The Bertz CT molecular complexity index is 764. The van der Waals surface area contributed by atoms with Crippen molar-refractivity contribution in [1.29, 1.82) is 0 Å². The van der Waals surface area contributed by atoms with Crippen LogP contribution in [-0.2, 0) is 21.4 Å². The van der Waals surface area contributed by atoms with Crippen molar-refractivity contribution >= 4 is 11.9 Å². The number of carbonyl (C=O) groups is 2. The van der Waals surface area contributed by atoms with Gasteiger partial charge in [-0.2, -0.15) is 0 Å². The summed E-state index contributed by atoms with van der Waals surface area (Å²) in [6, 6.07) is 6.85. The standard InChI is InChI=1S/C17H23NO.C4H6O6/c1-18-9-8-17-7-3-2-4-14(17)16(18)10-12-5-6-13(19)11-15(12)17;5-1(3(7)8)2(6)4(9)10/h5-6,11,14,16,19H,2-4,7-10H2,1H3;1-2,5-6H,(H,7,8)(H,9,10)/t14-,16-,17+;1-,2-/m11/s1. The molecule has 5 atom stereocenters. The maximum absolute atomic E-state index is 9.91. The molecule has 1 heterocycles. The van der Waals surface area contributed by atoms with Crippen molar-refractivity contribution in [2.45, 2.75) is 62.2 Å². The summed E-state index contributed by atoms with van der Waals surface area (Å²) in [7, 11) is 2.30. The number of aliphatic carboxylic acids is 2. The van der Waals surface area contributed by atoms with Gasteiger partial charge in [-0.3, -0.25) is 0 Å². The fourth-order valence-corrected chi connectivity index (χ4v) is 5.45. The number of likely N-dealkylation sites (tertiary alicyclic amines) is 1. The van der Waals surface area contributed by atoms with Gasteiger partial charge in [0.05, 0.1) is 0 Å². The van der Waals surface area contributed by atoms with Crippen LogP contribution in [0, 0.1) is 5.92 Å². The maximum atomic E-state index is 9.91. The van der Waals surface area contributed by atoms with E-state index in [2.05, 4.69) is 24.1 Å². The quantitative estimate of drug-likeness (QED) is 0.499. The van der Waals surface area contributed by atoms with Gasteiger partial charge in [0.2, 0.25) is 0 Å². The van der Waals surface area contributed by atoms with Crippen molar-refractivity contribution in [1.82, 2.24) is 4.90 Å². The second-order valence-electron chi connectivity index (χ2n) is 8.42. The summed E-state index contributed by atoms with van der Waals surface area (Å²) < 4.78 is 0. The van der Waals surface area contributed by atoms with Gasteiger partial charge in [0.1, 0.15) is 5.75 Å². The lowest BCUT2D eigenvalue weighted by atomic mass is 9.52. The number of carboxylic acid groups (broad SMARTS) is 2. The fourth-order valence-electron chi connectivity index (χ4n) is 5.45. The molecule has 4 rings (SSSR count). The predicted molar refractivity (Wildman–Crippen MR) is 104 cm³/mol. The van der Waals surface area contributed by atoms with E-state index in [1.807, 2.05) is 6.07 Å². The first kappa shape index (κ1) is 21.5. The molecule has 5 N–H and O–H groups in total. The molecule has 2 aliphatic carbocycles. The molecule has 1 saturated carbocycles. The van der Waals surface area contributed by atoms with E-state index in [4.69, 9.17) is 20.4 Å². The number of aliphatic hydroxyl groups excluding tert-OH is 2. The Balaban J connectivity index is 0.000000207. The number of hydrogen-bond donors (Lipinski definition) is 5. The molecule has 8 heteroatoms. The highest BCUT2D eigenvalue weighted by atomic mass is 16.4.